The van der Waals surface area contributed by atoms with Crippen molar-refractivity contribution >= 4 is 27.3 Å². The van der Waals surface area contributed by atoms with E-state index in [-0.39, 0.29) is 39.4 Å². The van der Waals surface area contributed by atoms with Crippen molar-refractivity contribution in [1.29, 1.82) is 0 Å². The molecule has 0 spiro atoms. The second kappa shape index (κ2) is 8.46. The third-order valence-electron chi connectivity index (χ3n) is 4.03. The molecule has 2 aromatic rings. The molecule has 0 radical (unpaired) electrons. The minimum absolute atomic E-state index is 0.0423. The Hall–Kier alpha value is -2.27. The first kappa shape index (κ1) is 24.0. The molecule has 2 aromatic carbocycles. The van der Waals surface area contributed by atoms with Crippen LogP contribution in [0, 0.1) is 0 Å². The van der Waals surface area contributed by atoms with E-state index in [4.69, 9.17) is 11.6 Å². The van der Waals surface area contributed by atoms with Gasteiger partial charge in [0.15, 0.2) is 9.84 Å². The molecule has 4 nitrogen and oxygen atoms in total. The molecule has 2 rings (SSSR count). The van der Waals surface area contributed by atoms with E-state index in [0.29, 0.717) is 0 Å². The topological polar surface area (TPSA) is 63.2 Å². The molecule has 0 aliphatic heterocycles. The third kappa shape index (κ3) is 5.66. The van der Waals surface area contributed by atoms with Crippen LogP contribution < -0.4 is 5.32 Å². The largest absolute Gasteiger partial charge is 0.416 e. The Kier molecular flexibility index (Phi) is 6.77. The fraction of sp³-hybridized carbons (Fsp3) is 0.278. The highest BCUT2D eigenvalue weighted by atomic mass is 35.5. The smallest absolute Gasteiger partial charge is 0.348 e. The van der Waals surface area contributed by atoms with Gasteiger partial charge in [-0.15, -0.1) is 0 Å². The number of hydrogen-bond acceptors (Lipinski definition) is 3. The van der Waals surface area contributed by atoms with Gasteiger partial charge in [0.1, 0.15) is 0 Å². The van der Waals surface area contributed by atoms with E-state index in [0.717, 1.165) is 0 Å². The van der Waals surface area contributed by atoms with Gasteiger partial charge in [-0.25, -0.2) is 8.42 Å². The first-order chi connectivity index (χ1) is 13.6. The van der Waals surface area contributed by atoms with Gasteiger partial charge in [0.2, 0.25) is 0 Å². The summed E-state index contributed by atoms with van der Waals surface area (Å²) < 4.78 is 102. The molecule has 30 heavy (non-hydrogen) atoms. The van der Waals surface area contributed by atoms with Crippen LogP contribution in [-0.2, 0) is 28.7 Å². The Bertz CT molecular complexity index is 1030. The van der Waals surface area contributed by atoms with Crippen LogP contribution in [0.5, 0.6) is 0 Å². The number of rotatable bonds is 5. The summed E-state index contributed by atoms with van der Waals surface area (Å²) in [5.41, 5.74) is -4.11. The molecule has 0 unspecified atom stereocenters. The summed E-state index contributed by atoms with van der Waals surface area (Å²) >= 11 is 5.83. The van der Waals surface area contributed by atoms with Gasteiger partial charge in [0, 0.05) is 17.1 Å². The first-order valence-electron chi connectivity index (χ1n) is 8.24. The maximum atomic E-state index is 12.9. The second-order valence-corrected chi connectivity index (χ2v) is 8.82. The van der Waals surface area contributed by atoms with Crippen LogP contribution in [0.4, 0.5) is 26.3 Å². The molecule has 164 valence electrons. The number of sulfone groups is 1. The number of amides is 1. The van der Waals surface area contributed by atoms with Gasteiger partial charge in [-0.3, -0.25) is 4.79 Å². The van der Waals surface area contributed by atoms with Crippen molar-refractivity contribution in [3.05, 3.63) is 63.7 Å². The Morgan fingerprint density at radius 3 is 1.97 bits per heavy atom. The zero-order valence-electron chi connectivity index (χ0n) is 15.2. The lowest BCUT2D eigenvalue weighted by Crippen LogP contribution is -2.25. The van der Waals surface area contributed by atoms with E-state index in [9.17, 15) is 39.6 Å². The van der Waals surface area contributed by atoms with Crippen molar-refractivity contribution in [1.82, 2.24) is 5.32 Å². The average molecular weight is 474 g/mol. The van der Waals surface area contributed by atoms with Gasteiger partial charge in [-0.05, 0) is 42.0 Å². The molecule has 0 aliphatic rings. The third-order valence-corrected chi connectivity index (χ3v) is 6.09. The number of carbonyl (C=O) groups excluding carboxylic acids is 1. The maximum Gasteiger partial charge on any atom is 0.416 e. The Morgan fingerprint density at radius 1 is 0.967 bits per heavy atom. The van der Waals surface area contributed by atoms with Crippen molar-refractivity contribution in [3.8, 4) is 0 Å². The lowest BCUT2D eigenvalue weighted by molar-refractivity contribution is -0.143. The summed E-state index contributed by atoms with van der Waals surface area (Å²) in [5, 5.41) is 2.27. The van der Waals surface area contributed by atoms with E-state index in [1.807, 2.05) is 0 Å². The molecule has 0 heterocycles. The zero-order chi connectivity index (χ0) is 22.9. The summed E-state index contributed by atoms with van der Waals surface area (Å²) in [6.07, 6.45) is -10.2. The van der Waals surface area contributed by atoms with E-state index >= 15 is 0 Å². The van der Waals surface area contributed by atoms with Crippen molar-refractivity contribution < 1.29 is 39.6 Å². The van der Waals surface area contributed by atoms with Crippen LogP contribution >= 0.6 is 11.6 Å². The molecule has 0 saturated carbocycles. The van der Waals surface area contributed by atoms with Crippen molar-refractivity contribution in [3.63, 3.8) is 0 Å². The SMILES string of the molecule is CCS(=O)(=O)c1ccc(Cl)cc1CNC(=O)c1cc(C(F)(F)F)cc(C(F)(F)F)c1. The van der Waals surface area contributed by atoms with Gasteiger partial charge < -0.3 is 5.32 Å². The number of halogens is 7. The molecule has 1 N–H and O–H groups in total. The monoisotopic (exact) mass is 473 g/mol. The van der Waals surface area contributed by atoms with Gasteiger partial charge in [-0.2, -0.15) is 26.3 Å². The van der Waals surface area contributed by atoms with Crippen LogP contribution in [-0.4, -0.2) is 20.1 Å². The number of carbonyl (C=O) groups is 1. The molecule has 0 bridgehead atoms. The molecule has 0 aliphatic carbocycles. The lowest BCUT2D eigenvalue weighted by atomic mass is 10.0. The molecule has 0 aromatic heterocycles. The predicted molar refractivity (Wildman–Crippen MR) is 96.8 cm³/mol. The van der Waals surface area contributed by atoms with Crippen molar-refractivity contribution in [2.24, 2.45) is 0 Å². The summed E-state index contributed by atoms with van der Waals surface area (Å²) in [6, 6.07) is 4.21. The van der Waals surface area contributed by atoms with Gasteiger partial charge in [0.05, 0.1) is 21.8 Å². The summed E-state index contributed by atoms with van der Waals surface area (Å²) in [5.74, 6) is -1.51. The fourth-order valence-electron chi connectivity index (χ4n) is 2.51. The van der Waals surface area contributed by atoms with Crippen molar-refractivity contribution in [2.45, 2.75) is 30.7 Å². The number of nitrogens with one attached hydrogen (secondary N) is 1. The normalized spacial score (nSPS) is 12.7. The number of benzene rings is 2. The molecule has 1 amide bonds. The fourth-order valence-corrected chi connectivity index (χ4v) is 3.82. The van der Waals surface area contributed by atoms with E-state index in [2.05, 4.69) is 5.32 Å². The molecule has 12 heteroatoms. The van der Waals surface area contributed by atoms with Crippen LogP contribution in [0.1, 0.15) is 34.0 Å². The Morgan fingerprint density at radius 2 is 1.50 bits per heavy atom. The van der Waals surface area contributed by atoms with E-state index < -0.39 is 51.3 Å². The minimum atomic E-state index is -5.11. The quantitative estimate of drug-likeness (QED) is 0.614. The van der Waals surface area contributed by atoms with E-state index in [1.54, 1.807) is 0 Å². The summed E-state index contributed by atoms with van der Waals surface area (Å²) in [4.78, 5) is 12.1. The van der Waals surface area contributed by atoms with E-state index in [1.165, 1.54) is 25.1 Å². The van der Waals surface area contributed by atoms with Crippen molar-refractivity contribution in [2.75, 3.05) is 5.75 Å². The lowest BCUT2D eigenvalue weighted by Gasteiger charge is -2.15. The Balaban J connectivity index is 2.39. The van der Waals surface area contributed by atoms with Gasteiger partial charge in [0.25, 0.3) is 5.91 Å². The molecule has 0 saturated heterocycles. The highest BCUT2D eigenvalue weighted by Gasteiger charge is 2.37. The molecule has 0 fully saturated rings. The molecular weight excluding hydrogens is 460 g/mol. The van der Waals surface area contributed by atoms with Crippen LogP contribution in [0.15, 0.2) is 41.3 Å². The summed E-state index contributed by atoms with van der Waals surface area (Å²) in [7, 11) is -3.72. The van der Waals surface area contributed by atoms with Crippen LogP contribution in [0.3, 0.4) is 0 Å². The predicted octanol–water partition coefficient (Wildman–Crippen LogP) is 5.10. The van der Waals surface area contributed by atoms with Crippen LogP contribution in [0.25, 0.3) is 0 Å². The zero-order valence-corrected chi connectivity index (χ0v) is 16.7. The van der Waals surface area contributed by atoms with Gasteiger partial charge >= 0.3 is 12.4 Å². The minimum Gasteiger partial charge on any atom is -0.348 e. The second-order valence-electron chi connectivity index (χ2n) is 6.13. The number of alkyl halides is 6. The Labute approximate surface area is 172 Å². The molecule has 0 atom stereocenters. The maximum absolute atomic E-state index is 12.9. The number of hydrogen-bond donors (Lipinski definition) is 1. The van der Waals surface area contributed by atoms with Crippen LogP contribution in [0.2, 0.25) is 5.02 Å². The summed E-state index contributed by atoms with van der Waals surface area (Å²) in [6.45, 7) is 0.902. The molecular formula is C18H14ClF6NO3S. The average Bonchev–Trinajstić information content (AvgIpc) is 2.64. The standard InChI is InChI=1S/C18H14ClF6NO3S/c1-2-30(28,29)15-4-3-14(19)7-11(15)9-26-16(27)10-5-12(17(20,21)22)8-13(6-10)18(23,24)25/h3-8H,2,9H2,1H3,(H,26,27). The highest BCUT2D eigenvalue weighted by molar-refractivity contribution is 7.91. The first-order valence-corrected chi connectivity index (χ1v) is 10.3. The van der Waals surface area contributed by atoms with Gasteiger partial charge in [-0.1, -0.05) is 18.5 Å². The highest BCUT2D eigenvalue weighted by Crippen LogP contribution is 2.36.